The lowest BCUT2D eigenvalue weighted by molar-refractivity contribution is 0.414. The smallest absolute Gasteiger partial charge is 0.119 e. The van der Waals surface area contributed by atoms with Crippen LogP contribution >= 0.6 is 0 Å². The molecule has 2 rings (SSSR count). The number of rotatable bonds is 1. The Balaban J connectivity index is 2.32. The number of methoxy groups -OCH3 is 1. The first-order valence-corrected chi connectivity index (χ1v) is 5.13. The first-order chi connectivity index (χ1) is 6.83. The van der Waals surface area contributed by atoms with E-state index in [1.807, 2.05) is 0 Å². The minimum atomic E-state index is 0.979. The van der Waals surface area contributed by atoms with Crippen molar-refractivity contribution in [3.8, 4) is 5.75 Å². The third-order valence-corrected chi connectivity index (χ3v) is 2.95. The molecule has 0 bridgehead atoms. The second kappa shape index (κ2) is 3.87. The molecule has 0 spiro atoms. The normalized spacial score (nSPS) is 18.0. The van der Waals surface area contributed by atoms with Crippen LogP contribution in [0, 0.1) is 0 Å². The van der Waals surface area contributed by atoms with Crippen LogP contribution in [-0.2, 0) is 12.8 Å². The summed E-state index contributed by atoms with van der Waals surface area (Å²) in [4.78, 5) is 0. The second-order valence-electron chi connectivity index (χ2n) is 3.76. The van der Waals surface area contributed by atoms with Gasteiger partial charge in [0, 0.05) is 0 Å². The van der Waals surface area contributed by atoms with Crippen molar-refractivity contribution in [3.05, 3.63) is 41.0 Å². The Labute approximate surface area is 85.4 Å². The van der Waals surface area contributed by atoms with Crippen molar-refractivity contribution in [2.75, 3.05) is 7.11 Å². The maximum absolute atomic E-state index is 5.22. The molecule has 1 nitrogen and oxygen atoms in total. The summed E-state index contributed by atoms with van der Waals surface area (Å²) in [6.07, 6.45) is 5.73. The highest BCUT2D eigenvalue weighted by Crippen LogP contribution is 2.27. The van der Waals surface area contributed by atoms with E-state index in [1.54, 1.807) is 12.7 Å². The van der Waals surface area contributed by atoms with Crippen LogP contribution in [0.2, 0.25) is 0 Å². The number of aryl methyl sites for hydroxylation is 1. The van der Waals surface area contributed by atoms with Crippen LogP contribution in [-0.4, -0.2) is 7.11 Å². The second-order valence-corrected chi connectivity index (χ2v) is 3.76. The Hall–Kier alpha value is -1.24. The van der Waals surface area contributed by atoms with E-state index in [2.05, 4.69) is 31.2 Å². The quantitative estimate of drug-likeness (QED) is 0.615. The molecule has 14 heavy (non-hydrogen) atoms. The van der Waals surface area contributed by atoms with Gasteiger partial charge < -0.3 is 4.74 Å². The zero-order valence-electron chi connectivity index (χ0n) is 8.84. The van der Waals surface area contributed by atoms with Gasteiger partial charge in [-0.25, -0.2) is 0 Å². The van der Waals surface area contributed by atoms with E-state index in [0.29, 0.717) is 0 Å². The first-order valence-electron chi connectivity index (χ1n) is 5.13. The largest absolute Gasteiger partial charge is 0.497 e. The van der Waals surface area contributed by atoms with Crippen molar-refractivity contribution in [1.82, 2.24) is 0 Å². The molecule has 1 aromatic carbocycles. The highest BCUT2D eigenvalue weighted by atomic mass is 16.5. The molecule has 0 radical (unpaired) electrons. The fourth-order valence-electron chi connectivity index (χ4n) is 2.01. The van der Waals surface area contributed by atoms with Crippen LogP contribution < -0.4 is 4.74 Å². The average Bonchev–Trinajstić information content (AvgIpc) is 2.27. The fraction of sp³-hybridized carbons (Fsp3) is 0.385. The molecule has 0 atom stereocenters. The van der Waals surface area contributed by atoms with Crippen LogP contribution in [0.1, 0.15) is 24.5 Å². The van der Waals surface area contributed by atoms with Gasteiger partial charge in [0.15, 0.2) is 0 Å². The van der Waals surface area contributed by atoms with Crippen molar-refractivity contribution < 1.29 is 4.74 Å². The highest BCUT2D eigenvalue weighted by Gasteiger charge is 2.12. The number of allylic oxidation sites excluding steroid dienone is 2. The topological polar surface area (TPSA) is 9.23 Å². The molecule has 0 saturated carbocycles. The molecule has 1 heteroatoms. The molecule has 1 aliphatic rings. The van der Waals surface area contributed by atoms with Crippen LogP contribution in [0.5, 0.6) is 5.75 Å². The number of fused-ring (bicyclic) bond motifs is 1. The van der Waals surface area contributed by atoms with E-state index in [-0.39, 0.29) is 0 Å². The fourth-order valence-corrected chi connectivity index (χ4v) is 2.01. The summed E-state index contributed by atoms with van der Waals surface area (Å²) in [5.41, 5.74) is 4.47. The van der Waals surface area contributed by atoms with Gasteiger partial charge >= 0.3 is 0 Å². The molecule has 0 heterocycles. The minimum Gasteiger partial charge on any atom is -0.497 e. The Kier molecular flexibility index (Phi) is 2.58. The summed E-state index contributed by atoms with van der Waals surface area (Å²) in [6.45, 7) is 2.13. The lowest BCUT2D eigenvalue weighted by Crippen LogP contribution is -2.05. The summed E-state index contributed by atoms with van der Waals surface area (Å²) in [5, 5.41) is 0. The lowest BCUT2D eigenvalue weighted by Gasteiger charge is -2.19. The molecule has 0 aromatic heterocycles. The van der Waals surface area contributed by atoms with Crippen molar-refractivity contribution >= 4 is 0 Å². The molecule has 0 fully saturated rings. The maximum Gasteiger partial charge on any atom is 0.119 e. The van der Waals surface area contributed by atoms with Crippen LogP contribution in [0.3, 0.4) is 0 Å². The predicted octanol–water partition coefficient (Wildman–Crippen LogP) is 3.13. The molecule has 0 saturated heterocycles. The van der Waals surface area contributed by atoms with Crippen LogP contribution in [0.4, 0.5) is 0 Å². The predicted molar refractivity (Wildman–Crippen MR) is 58.8 cm³/mol. The van der Waals surface area contributed by atoms with Gasteiger partial charge in [0.05, 0.1) is 7.11 Å². The summed E-state index contributed by atoms with van der Waals surface area (Å²) in [5.74, 6) is 0.979. The molecular weight excluding hydrogens is 172 g/mol. The zero-order valence-corrected chi connectivity index (χ0v) is 8.84. The van der Waals surface area contributed by atoms with Crippen LogP contribution in [0.25, 0.3) is 0 Å². The van der Waals surface area contributed by atoms with Crippen molar-refractivity contribution in [1.29, 1.82) is 0 Å². The van der Waals surface area contributed by atoms with Gasteiger partial charge in [-0.1, -0.05) is 17.7 Å². The summed E-state index contributed by atoms with van der Waals surface area (Å²) in [7, 11) is 1.72. The highest BCUT2D eigenvalue weighted by molar-refractivity contribution is 5.40. The third kappa shape index (κ3) is 1.67. The number of hydrogen-bond donors (Lipinski definition) is 0. The molecule has 74 valence electrons. The average molecular weight is 188 g/mol. The number of ether oxygens (including phenoxy) is 1. The minimum absolute atomic E-state index is 0.979. The Morgan fingerprint density at radius 1 is 1.21 bits per heavy atom. The van der Waals surface area contributed by atoms with E-state index < -0.39 is 0 Å². The van der Waals surface area contributed by atoms with E-state index >= 15 is 0 Å². The van der Waals surface area contributed by atoms with E-state index in [9.17, 15) is 0 Å². The Morgan fingerprint density at radius 2 is 2.07 bits per heavy atom. The third-order valence-electron chi connectivity index (χ3n) is 2.95. The molecule has 0 unspecified atom stereocenters. The molecule has 0 amide bonds. The van der Waals surface area contributed by atoms with Gasteiger partial charge in [0.2, 0.25) is 0 Å². The van der Waals surface area contributed by atoms with Crippen molar-refractivity contribution in [2.45, 2.75) is 26.2 Å². The molecule has 1 aromatic rings. The van der Waals surface area contributed by atoms with Crippen molar-refractivity contribution in [3.63, 3.8) is 0 Å². The molecule has 0 aliphatic heterocycles. The zero-order chi connectivity index (χ0) is 9.97. The monoisotopic (exact) mass is 188 g/mol. The van der Waals surface area contributed by atoms with Gasteiger partial charge in [-0.15, -0.1) is 0 Å². The summed E-state index contributed by atoms with van der Waals surface area (Å²) < 4.78 is 5.22. The van der Waals surface area contributed by atoms with E-state index in [4.69, 9.17) is 4.74 Å². The molecule has 0 N–H and O–H groups in total. The first kappa shape index (κ1) is 9.32. The summed E-state index contributed by atoms with van der Waals surface area (Å²) in [6, 6.07) is 6.41. The van der Waals surface area contributed by atoms with Gasteiger partial charge in [-0.05, 0) is 49.4 Å². The van der Waals surface area contributed by atoms with E-state index in [0.717, 1.165) is 18.6 Å². The number of hydrogen-bond acceptors (Lipinski definition) is 1. The standard InChI is InChI=1S/C13H16O/c1-3-10-4-5-12-9-13(14-2)7-6-11(12)8-10/h3,6-7,9H,4-5,8H2,1-2H3/b10-3+. The van der Waals surface area contributed by atoms with E-state index in [1.165, 1.54) is 17.5 Å². The van der Waals surface area contributed by atoms with Gasteiger partial charge in [0.1, 0.15) is 5.75 Å². The maximum atomic E-state index is 5.22. The van der Waals surface area contributed by atoms with Gasteiger partial charge in [-0.2, -0.15) is 0 Å². The van der Waals surface area contributed by atoms with Crippen LogP contribution in [0.15, 0.2) is 29.8 Å². The Bertz CT molecular complexity index is 363. The van der Waals surface area contributed by atoms with Crippen molar-refractivity contribution in [2.24, 2.45) is 0 Å². The Morgan fingerprint density at radius 3 is 2.79 bits per heavy atom. The SMILES string of the molecule is C/C=C1\CCc2cc(OC)ccc2C1. The lowest BCUT2D eigenvalue weighted by atomic mass is 9.88. The molecular formula is C13H16O. The number of benzene rings is 1. The molecule has 1 aliphatic carbocycles. The van der Waals surface area contributed by atoms with Gasteiger partial charge in [0.25, 0.3) is 0 Å². The summed E-state index contributed by atoms with van der Waals surface area (Å²) >= 11 is 0. The van der Waals surface area contributed by atoms with Gasteiger partial charge in [-0.3, -0.25) is 0 Å².